The third-order valence-corrected chi connectivity index (χ3v) is 1.76. The molecule has 0 atom stereocenters. The van der Waals surface area contributed by atoms with Crippen molar-refractivity contribution in [1.29, 1.82) is 0 Å². The van der Waals surface area contributed by atoms with Crippen LogP contribution in [-0.2, 0) is 6.54 Å². The summed E-state index contributed by atoms with van der Waals surface area (Å²) < 4.78 is 5.02. The van der Waals surface area contributed by atoms with Gasteiger partial charge in [0.1, 0.15) is 5.75 Å². The number of ether oxygens (including phenoxy) is 1. The van der Waals surface area contributed by atoms with Crippen molar-refractivity contribution in [2.45, 2.75) is 11.8 Å². The maximum atomic E-state index is 5.36. The molecule has 0 unspecified atom stereocenters. The standard InChI is InChI=1S/C9H10B3NO/c1-14-8-4-2-7(3-5-8)6-13-9(10,11)12/h2-5,13H,6H2,1H3. The van der Waals surface area contributed by atoms with Crippen LogP contribution in [0.1, 0.15) is 5.56 Å². The van der Waals surface area contributed by atoms with E-state index in [1.54, 1.807) is 7.11 Å². The van der Waals surface area contributed by atoms with Crippen LogP contribution in [0.15, 0.2) is 24.3 Å². The molecule has 0 heterocycles. The van der Waals surface area contributed by atoms with Gasteiger partial charge in [0.25, 0.3) is 0 Å². The van der Waals surface area contributed by atoms with Crippen molar-refractivity contribution in [2.24, 2.45) is 0 Å². The summed E-state index contributed by atoms with van der Waals surface area (Å²) in [5.74, 6) is 0.813. The minimum Gasteiger partial charge on any atom is -0.497 e. The lowest BCUT2D eigenvalue weighted by Crippen LogP contribution is -2.46. The van der Waals surface area contributed by atoms with E-state index in [0.717, 1.165) is 11.3 Å². The molecule has 0 spiro atoms. The molecule has 1 rings (SSSR count). The first kappa shape index (κ1) is 11.3. The fraction of sp³-hybridized carbons (Fsp3) is 0.333. The van der Waals surface area contributed by atoms with Crippen LogP contribution in [0.3, 0.4) is 0 Å². The van der Waals surface area contributed by atoms with E-state index in [1.807, 2.05) is 24.3 Å². The van der Waals surface area contributed by atoms with Gasteiger partial charge in [-0.2, -0.15) is 0 Å². The molecule has 2 nitrogen and oxygen atoms in total. The molecular formula is C9H10B3NO. The number of methoxy groups -OCH3 is 1. The minimum atomic E-state index is -1.33. The van der Waals surface area contributed by atoms with E-state index in [-0.39, 0.29) is 0 Å². The van der Waals surface area contributed by atoms with E-state index in [9.17, 15) is 0 Å². The molecule has 66 valence electrons. The minimum absolute atomic E-state index is 0.521. The van der Waals surface area contributed by atoms with E-state index >= 15 is 0 Å². The van der Waals surface area contributed by atoms with Gasteiger partial charge < -0.3 is 10.1 Å². The Balaban J connectivity index is 2.52. The van der Waals surface area contributed by atoms with Crippen molar-refractivity contribution in [3.8, 4) is 5.75 Å². The summed E-state index contributed by atoms with van der Waals surface area (Å²) in [5.41, 5.74) is 1.04. The van der Waals surface area contributed by atoms with Crippen molar-refractivity contribution in [1.82, 2.24) is 5.32 Å². The van der Waals surface area contributed by atoms with Crippen molar-refractivity contribution in [2.75, 3.05) is 7.11 Å². The number of rotatable bonds is 4. The smallest absolute Gasteiger partial charge is 0.118 e. The van der Waals surface area contributed by atoms with Gasteiger partial charge in [-0.05, 0) is 17.7 Å². The summed E-state index contributed by atoms with van der Waals surface area (Å²) in [4.78, 5) is 0. The first-order chi connectivity index (χ1) is 6.51. The Morgan fingerprint density at radius 3 is 2.21 bits per heavy atom. The molecule has 0 aliphatic heterocycles. The maximum absolute atomic E-state index is 5.36. The largest absolute Gasteiger partial charge is 0.497 e. The van der Waals surface area contributed by atoms with Gasteiger partial charge >= 0.3 is 0 Å². The maximum Gasteiger partial charge on any atom is 0.118 e. The molecule has 0 amide bonds. The molecule has 1 aromatic carbocycles. The van der Waals surface area contributed by atoms with E-state index < -0.39 is 5.24 Å². The zero-order valence-corrected chi connectivity index (χ0v) is 8.16. The van der Waals surface area contributed by atoms with Gasteiger partial charge in [-0.1, -0.05) is 17.4 Å². The van der Waals surface area contributed by atoms with Gasteiger partial charge in [0.05, 0.1) is 30.6 Å². The number of nitrogens with one attached hydrogen (secondary N) is 1. The van der Waals surface area contributed by atoms with Gasteiger partial charge in [-0.15, -0.1) is 0 Å². The van der Waals surface area contributed by atoms with Gasteiger partial charge in [-0.3, -0.25) is 0 Å². The second-order valence-corrected chi connectivity index (χ2v) is 3.13. The molecule has 0 fully saturated rings. The Morgan fingerprint density at radius 1 is 1.21 bits per heavy atom. The van der Waals surface area contributed by atoms with Crippen LogP contribution in [0.25, 0.3) is 0 Å². The second-order valence-electron chi connectivity index (χ2n) is 3.13. The van der Waals surface area contributed by atoms with E-state index in [4.69, 9.17) is 28.3 Å². The Hall–Kier alpha value is -0.825. The summed E-state index contributed by atoms with van der Waals surface area (Å²) in [7, 11) is 17.7. The average molecular weight is 181 g/mol. The molecule has 0 saturated carbocycles. The third-order valence-electron chi connectivity index (χ3n) is 1.76. The van der Waals surface area contributed by atoms with Crippen LogP contribution in [0.2, 0.25) is 0 Å². The SMILES string of the molecule is [B]C([B])([B])NCc1ccc(OC)cc1. The molecule has 0 saturated heterocycles. The highest BCUT2D eigenvalue weighted by Crippen LogP contribution is 2.11. The van der Waals surface area contributed by atoms with Crippen LogP contribution in [0.4, 0.5) is 0 Å². The first-order valence-corrected chi connectivity index (χ1v) is 4.26. The Morgan fingerprint density at radius 2 is 1.79 bits per heavy atom. The predicted octanol–water partition coefficient (Wildman–Crippen LogP) is -0.0984. The number of hydrogen-bond donors (Lipinski definition) is 1. The van der Waals surface area contributed by atoms with Gasteiger partial charge in [0, 0.05) is 6.54 Å². The quantitative estimate of drug-likeness (QED) is 0.654. The highest BCUT2D eigenvalue weighted by atomic mass is 16.5. The van der Waals surface area contributed by atoms with Crippen LogP contribution in [-0.4, -0.2) is 35.9 Å². The molecule has 1 aromatic rings. The van der Waals surface area contributed by atoms with Crippen molar-refractivity contribution in [3.05, 3.63) is 29.8 Å². The zero-order chi connectivity index (χ0) is 10.6. The van der Waals surface area contributed by atoms with Gasteiger partial charge in [0.15, 0.2) is 0 Å². The zero-order valence-electron chi connectivity index (χ0n) is 8.16. The number of hydrogen-bond acceptors (Lipinski definition) is 2. The van der Waals surface area contributed by atoms with E-state index in [2.05, 4.69) is 5.32 Å². The van der Waals surface area contributed by atoms with Crippen molar-refractivity contribution in [3.63, 3.8) is 0 Å². The molecule has 1 N–H and O–H groups in total. The Labute approximate surface area is 88.6 Å². The molecule has 0 aliphatic carbocycles. The monoisotopic (exact) mass is 181 g/mol. The topological polar surface area (TPSA) is 21.3 Å². The lowest BCUT2D eigenvalue weighted by atomic mass is 9.49. The molecule has 14 heavy (non-hydrogen) atoms. The lowest BCUT2D eigenvalue weighted by Gasteiger charge is -2.22. The fourth-order valence-electron chi connectivity index (χ4n) is 0.999. The van der Waals surface area contributed by atoms with E-state index in [1.165, 1.54) is 0 Å². The van der Waals surface area contributed by atoms with Crippen LogP contribution in [0.5, 0.6) is 5.75 Å². The summed E-state index contributed by atoms with van der Waals surface area (Å²) in [5, 5.41) is 1.43. The third kappa shape index (κ3) is 3.92. The van der Waals surface area contributed by atoms with Crippen molar-refractivity contribution < 1.29 is 4.74 Å². The van der Waals surface area contributed by atoms with Crippen LogP contribution >= 0.6 is 0 Å². The summed E-state index contributed by atoms with van der Waals surface area (Å²) in [6.07, 6.45) is 0. The van der Waals surface area contributed by atoms with Crippen LogP contribution < -0.4 is 10.1 Å². The summed E-state index contributed by atoms with van der Waals surface area (Å²) in [6, 6.07) is 7.56. The normalized spacial score (nSPS) is 11.2. The highest BCUT2D eigenvalue weighted by Gasteiger charge is 2.06. The predicted molar refractivity (Wildman–Crippen MR) is 59.8 cm³/mol. The first-order valence-electron chi connectivity index (χ1n) is 4.26. The van der Waals surface area contributed by atoms with Gasteiger partial charge in [0.2, 0.25) is 0 Å². The molecule has 6 radical (unpaired) electrons. The lowest BCUT2D eigenvalue weighted by molar-refractivity contribution is 0.414. The van der Waals surface area contributed by atoms with E-state index in [0.29, 0.717) is 6.54 Å². The fourth-order valence-corrected chi connectivity index (χ4v) is 0.999. The van der Waals surface area contributed by atoms with Crippen molar-refractivity contribution >= 4 is 23.5 Å². The van der Waals surface area contributed by atoms with Gasteiger partial charge in [-0.25, -0.2) is 0 Å². The summed E-state index contributed by atoms with van der Waals surface area (Å²) in [6.45, 7) is 0.521. The molecule has 5 heteroatoms. The molecular weight excluding hydrogens is 171 g/mol. The second kappa shape index (κ2) is 4.60. The molecule has 0 bridgehead atoms. The summed E-state index contributed by atoms with van der Waals surface area (Å²) >= 11 is 0. The highest BCUT2D eigenvalue weighted by molar-refractivity contribution is 6.59. The van der Waals surface area contributed by atoms with Crippen LogP contribution in [0, 0.1) is 0 Å². The Bertz CT molecular complexity index is 281. The number of benzene rings is 1. The Kier molecular flexibility index (Phi) is 3.70. The average Bonchev–Trinajstić information content (AvgIpc) is 2.14. The molecule has 0 aliphatic rings. The molecule has 0 aromatic heterocycles.